The van der Waals surface area contributed by atoms with Crippen molar-refractivity contribution in [3.8, 4) is 6.07 Å². The third kappa shape index (κ3) is 1.59. The van der Waals surface area contributed by atoms with E-state index in [0.29, 0.717) is 10.5 Å². The van der Waals surface area contributed by atoms with Crippen molar-refractivity contribution in [3.05, 3.63) is 29.0 Å². The predicted molar refractivity (Wildman–Crippen MR) is 58.2 cm³/mol. The first-order chi connectivity index (χ1) is 7.04. The van der Waals surface area contributed by atoms with E-state index in [4.69, 9.17) is 5.26 Å². The van der Waals surface area contributed by atoms with Crippen LogP contribution in [0.15, 0.2) is 18.2 Å². The molecule has 0 spiro atoms. The molecule has 0 aliphatic rings. The molecule has 76 valence electrons. The van der Waals surface area contributed by atoms with Crippen molar-refractivity contribution in [2.75, 3.05) is 0 Å². The number of nitrogens with zero attached hydrogens (tertiary/aromatic N) is 2. The molecule has 0 bridgehead atoms. The molecule has 2 rings (SSSR count). The van der Waals surface area contributed by atoms with E-state index in [0.717, 1.165) is 4.70 Å². The van der Waals surface area contributed by atoms with Crippen LogP contribution in [0, 0.1) is 17.1 Å². The fourth-order valence-electron chi connectivity index (χ4n) is 1.23. The Labute approximate surface area is 91.0 Å². The number of fused-ring (bicyclic) bond motifs is 1. The fraction of sp³-hybridized carbons (Fsp3) is 0.273. The first-order valence-electron chi connectivity index (χ1n) is 4.51. The summed E-state index contributed by atoms with van der Waals surface area (Å²) in [6, 6.07) is 7.01. The van der Waals surface area contributed by atoms with E-state index in [1.54, 1.807) is 19.9 Å². The molecule has 0 fully saturated rings. The number of benzene rings is 1. The summed E-state index contributed by atoms with van der Waals surface area (Å²) in [5.74, 6) is -0.330. The van der Waals surface area contributed by atoms with Crippen molar-refractivity contribution in [3.63, 3.8) is 0 Å². The minimum atomic E-state index is -0.657. The van der Waals surface area contributed by atoms with Crippen LogP contribution in [0.1, 0.15) is 18.9 Å². The van der Waals surface area contributed by atoms with Crippen LogP contribution in [0.4, 0.5) is 4.39 Å². The van der Waals surface area contributed by atoms with Gasteiger partial charge in [-0.1, -0.05) is 6.07 Å². The summed E-state index contributed by atoms with van der Waals surface area (Å²) in [7, 11) is 0. The van der Waals surface area contributed by atoms with Crippen LogP contribution in [0.2, 0.25) is 0 Å². The average Bonchev–Trinajstić information content (AvgIpc) is 2.64. The Balaban J connectivity index is 2.68. The Morgan fingerprint density at radius 1 is 1.47 bits per heavy atom. The number of thiazole rings is 1. The second kappa shape index (κ2) is 3.28. The average molecular weight is 220 g/mol. The summed E-state index contributed by atoms with van der Waals surface area (Å²) >= 11 is 1.37. The molecule has 0 atom stereocenters. The number of nitriles is 1. The summed E-state index contributed by atoms with van der Waals surface area (Å²) in [6.45, 7) is 3.56. The summed E-state index contributed by atoms with van der Waals surface area (Å²) < 4.78 is 14.1. The zero-order valence-electron chi connectivity index (χ0n) is 8.41. The highest BCUT2D eigenvalue weighted by atomic mass is 32.1. The van der Waals surface area contributed by atoms with E-state index in [2.05, 4.69) is 11.1 Å². The summed E-state index contributed by atoms with van der Waals surface area (Å²) in [6.07, 6.45) is 0. The van der Waals surface area contributed by atoms with Crippen molar-refractivity contribution < 1.29 is 4.39 Å². The van der Waals surface area contributed by atoms with Gasteiger partial charge in [0, 0.05) is 0 Å². The lowest BCUT2D eigenvalue weighted by atomic mass is 9.97. The molecule has 0 saturated heterocycles. The fourth-order valence-corrected chi connectivity index (χ4v) is 2.26. The zero-order valence-corrected chi connectivity index (χ0v) is 9.23. The Morgan fingerprint density at radius 2 is 2.20 bits per heavy atom. The first kappa shape index (κ1) is 10.1. The highest BCUT2D eigenvalue weighted by Crippen LogP contribution is 2.31. The number of hydrogen-bond donors (Lipinski definition) is 0. The highest BCUT2D eigenvalue weighted by molar-refractivity contribution is 7.18. The molecular weight excluding hydrogens is 211 g/mol. The number of para-hydroxylation sites is 1. The van der Waals surface area contributed by atoms with Crippen molar-refractivity contribution in [1.82, 2.24) is 4.98 Å². The van der Waals surface area contributed by atoms with Crippen LogP contribution in [-0.2, 0) is 5.41 Å². The standard InChI is InChI=1S/C11H9FN2S/c1-11(2,6-13)10-14-9-7(12)4-3-5-8(9)15-10/h3-5H,1-2H3. The van der Waals surface area contributed by atoms with Crippen molar-refractivity contribution in [2.24, 2.45) is 0 Å². The summed E-state index contributed by atoms with van der Waals surface area (Å²) in [4.78, 5) is 4.18. The minimum absolute atomic E-state index is 0.330. The van der Waals surface area contributed by atoms with Crippen LogP contribution >= 0.6 is 11.3 Å². The minimum Gasteiger partial charge on any atom is -0.236 e. The first-order valence-corrected chi connectivity index (χ1v) is 5.33. The number of rotatable bonds is 1. The zero-order chi connectivity index (χ0) is 11.1. The Morgan fingerprint density at radius 3 is 2.80 bits per heavy atom. The topological polar surface area (TPSA) is 36.7 Å². The normalized spacial score (nSPS) is 11.6. The molecule has 0 unspecified atom stereocenters. The third-order valence-electron chi connectivity index (χ3n) is 2.18. The SMILES string of the molecule is CC(C)(C#N)c1nc2c(F)cccc2s1. The van der Waals surface area contributed by atoms with Crippen LogP contribution in [-0.4, -0.2) is 4.98 Å². The molecule has 1 aromatic heterocycles. The lowest BCUT2D eigenvalue weighted by Crippen LogP contribution is -2.12. The molecule has 0 aliphatic carbocycles. The van der Waals surface area contributed by atoms with E-state index in [9.17, 15) is 4.39 Å². The molecule has 0 N–H and O–H groups in total. The quantitative estimate of drug-likeness (QED) is 0.739. The number of aromatic nitrogens is 1. The molecule has 1 aromatic carbocycles. The maximum atomic E-state index is 13.4. The van der Waals surface area contributed by atoms with Crippen LogP contribution < -0.4 is 0 Å². The second-order valence-electron chi connectivity index (χ2n) is 3.84. The van der Waals surface area contributed by atoms with Gasteiger partial charge in [-0.05, 0) is 26.0 Å². The molecular formula is C11H9FN2S. The van der Waals surface area contributed by atoms with Crippen LogP contribution in [0.5, 0.6) is 0 Å². The van der Waals surface area contributed by atoms with E-state index in [1.165, 1.54) is 17.4 Å². The van der Waals surface area contributed by atoms with Crippen molar-refractivity contribution in [2.45, 2.75) is 19.3 Å². The van der Waals surface area contributed by atoms with Gasteiger partial charge in [-0.25, -0.2) is 9.37 Å². The molecule has 0 amide bonds. The maximum absolute atomic E-state index is 13.4. The molecule has 2 aromatic rings. The lowest BCUT2D eigenvalue weighted by molar-refractivity contribution is 0.634. The predicted octanol–water partition coefficient (Wildman–Crippen LogP) is 3.24. The van der Waals surface area contributed by atoms with E-state index < -0.39 is 5.41 Å². The highest BCUT2D eigenvalue weighted by Gasteiger charge is 2.24. The lowest BCUT2D eigenvalue weighted by Gasteiger charge is -2.09. The maximum Gasteiger partial charge on any atom is 0.150 e. The Kier molecular flexibility index (Phi) is 2.20. The van der Waals surface area contributed by atoms with Gasteiger partial charge in [-0.2, -0.15) is 5.26 Å². The molecule has 0 aliphatic heterocycles. The van der Waals surface area contributed by atoms with Crippen molar-refractivity contribution in [1.29, 1.82) is 5.26 Å². The Hall–Kier alpha value is -1.47. The Bertz CT molecular complexity index is 551. The molecule has 0 saturated carbocycles. The van der Waals surface area contributed by atoms with E-state index in [-0.39, 0.29) is 5.82 Å². The molecule has 0 radical (unpaired) electrons. The largest absolute Gasteiger partial charge is 0.236 e. The molecule has 15 heavy (non-hydrogen) atoms. The van der Waals surface area contributed by atoms with Gasteiger partial charge in [0.05, 0.1) is 10.8 Å². The van der Waals surface area contributed by atoms with Gasteiger partial charge in [0.2, 0.25) is 0 Å². The molecule has 2 nitrogen and oxygen atoms in total. The summed E-state index contributed by atoms with van der Waals surface area (Å²) in [5.41, 5.74) is -0.295. The third-order valence-corrected chi connectivity index (χ3v) is 3.53. The smallest absolute Gasteiger partial charge is 0.150 e. The van der Waals surface area contributed by atoms with Crippen molar-refractivity contribution >= 4 is 21.6 Å². The number of halogens is 1. The molecule has 4 heteroatoms. The van der Waals surface area contributed by atoms with Gasteiger partial charge in [0.15, 0.2) is 0 Å². The summed E-state index contributed by atoms with van der Waals surface area (Å²) in [5, 5.41) is 9.62. The van der Waals surface area contributed by atoms with Gasteiger partial charge in [0.25, 0.3) is 0 Å². The van der Waals surface area contributed by atoms with Crippen LogP contribution in [0.3, 0.4) is 0 Å². The molecule has 1 heterocycles. The van der Waals surface area contributed by atoms with Gasteiger partial charge >= 0.3 is 0 Å². The van der Waals surface area contributed by atoms with Crippen LogP contribution in [0.25, 0.3) is 10.2 Å². The second-order valence-corrected chi connectivity index (χ2v) is 4.87. The number of hydrogen-bond acceptors (Lipinski definition) is 3. The van der Waals surface area contributed by atoms with Gasteiger partial charge in [0.1, 0.15) is 21.8 Å². The van der Waals surface area contributed by atoms with Gasteiger partial charge in [-0.3, -0.25) is 0 Å². The van der Waals surface area contributed by atoms with E-state index >= 15 is 0 Å². The monoisotopic (exact) mass is 220 g/mol. The van der Waals surface area contributed by atoms with Gasteiger partial charge < -0.3 is 0 Å². The van der Waals surface area contributed by atoms with E-state index in [1.807, 2.05) is 6.07 Å². The van der Waals surface area contributed by atoms with Gasteiger partial charge in [-0.15, -0.1) is 11.3 Å².